The molecular weight excluding hydrogens is 244 g/mol. The molecule has 0 N–H and O–H groups in total. The molecule has 1 aromatic carbocycles. The van der Waals surface area contributed by atoms with E-state index in [2.05, 4.69) is 0 Å². The molecule has 0 heterocycles. The third-order valence-corrected chi connectivity index (χ3v) is 3.60. The van der Waals surface area contributed by atoms with Crippen LogP contribution >= 0.6 is 11.8 Å². The van der Waals surface area contributed by atoms with Crippen molar-refractivity contribution in [1.29, 1.82) is 0 Å². The molecule has 1 saturated carbocycles. The molecule has 1 aromatic rings. The number of carbonyl (C=O) groups excluding carboxylic acids is 2. The van der Waals surface area contributed by atoms with Crippen LogP contribution in [0.2, 0.25) is 0 Å². The van der Waals surface area contributed by atoms with Crippen LogP contribution in [0.5, 0.6) is 0 Å². The Morgan fingerprint density at radius 2 is 1.94 bits per heavy atom. The highest BCUT2D eigenvalue weighted by Crippen LogP contribution is 2.32. The Morgan fingerprint density at radius 1 is 1.28 bits per heavy atom. The minimum absolute atomic E-state index is 0.130. The Morgan fingerprint density at radius 3 is 2.50 bits per heavy atom. The van der Waals surface area contributed by atoms with Crippen LogP contribution in [0, 0.1) is 5.92 Å². The van der Waals surface area contributed by atoms with Crippen molar-refractivity contribution >= 4 is 28.7 Å². The highest BCUT2D eigenvalue weighted by molar-refractivity contribution is 8.13. The van der Waals surface area contributed by atoms with Gasteiger partial charge in [0.15, 0.2) is 10.9 Å². The average molecular weight is 260 g/mol. The van der Waals surface area contributed by atoms with Crippen LogP contribution in [0.25, 0.3) is 6.08 Å². The SMILES string of the molecule is CC(=O)SCC=Cc1ccc(C(=O)C2CC2)cc1. The van der Waals surface area contributed by atoms with E-state index >= 15 is 0 Å². The number of carbonyl (C=O) groups is 2. The van der Waals surface area contributed by atoms with E-state index in [4.69, 9.17) is 0 Å². The first kappa shape index (κ1) is 13.1. The predicted molar refractivity (Wildman–Crippen MR) is 75.7 cm³/mol. The highest BCUT2D eigenvalue weighted by atomic mass is 32.2. The highest BCUT2D eigenvalue weighted by Gasteiger charge is 2.30. The lowest BCUT2D eigenvalue weighted by molar-refractivity contribution is -0.109. The van der Waals surface area contributed by atoms with E-state index in [9.17, 15) is 9.59 Å². The lowest BCUT2D eigenvalue weighted by Gasteiger charge is -1.99. The molecule has 0 saturated heterocycles. The minimum Gasteiger partial charge on any atom is -0.294 e. The van der Waals surface area contributed by atoms with Crippen molar-refractivity contribution in [3.05, 3.63) is 41.5 Å². The summed E-state index contributed by atoms with van der Waals surface area (Å²) >= 11 is 1.29. The fourth-order valence-electron chi connectivity index (χ4n) is 1.69. The number of thioether (sulfide) groups is 1. The van der Waals surface area contributed by atoms with Gasteiger partial charge >= 0.3 is 0 Å². The van der Waals surface area contributed by atoms with Crippen LogP contribution in [0.4, 0.5) is 0 Å². The fraction of sp³-hybridized carbons (Fsp3) is 0.333. The zero-order valence-electron chi connectivity index (χ0n) is 10.4. The lowest BCUT2D eigenvalue weighted by atomic mass is 10.1. The van der Waals surface area contributed by atoms with Crippen LogP contribution in [-0.2, 0) is 4.79 Å². The zero-order chi connectivity index (χ0) is 13.0. The molecule has 0 radical (unpaired) electrons. The van der Waals surface area contributed by atoms with Gasteiger partial charge in [0.1, 0.15) is 0 Å². The summed E-state index contributed by atoms with van der Waals surface area (Å²) < 4.78 is 0. The molecule has 0 aromatic heterocycles. The van der Waals surface area contributed by atoms with Gasteiger partial charge in [0.2, 0.25) is 0 Å². The van der Waals surface area contributed by atoms with Crippen molar-refractivity contribution in [3.63, 3.8) is 0 Å². The van der Waals surface area contributed by atoms with E-state index in [0.29, 0.717) is 5.75 Å². The molecule has 2 nitrogen and oxygen atoms in total. The first-order valence-corrected chi connectivity index (χ1v) is 7.09. The summed E-state index contributed by atoms with van der Waals surface area (Å²) in [6, 6.07) is 7.67. The summed E-state index contributed by atoms with van der Waals surface area (Å²) in [6.07, 6.45) is 6.02. The van der Waals surface area contributed by atoms with Crippen LogP contribution in [0.15, 0.2) is 30.3 Å². The van der Waals surface area contributed by atoms with Crippen LogP contribution in [0.3, 0.4) is 0 Å². The minimum atomic E-state index is 0.130. The maximum Gasteiger partial charge on any atom is 0.186 e. The van der Waals surface area contributed by atoms with Gasteiger partial charge in [-0.2, -0.15) is 0 Å². The summed E-state index contributed by atoms with van der Waals surface area (Å²) in [5.74, 6) is 1.24. The van der Waals surface area contributed by atoms with Crippen molar-refractivity contribution in [2.45, 2.75) is 19.8 Å². The van der Waals surface area contributed by atoms with Crippen molar-refractivity contribution in [2.24, 2.45) is 5.92 Å². The Kier molecular flexibility index (Phi) is 4.37. The summed E-state index contributed by atoms with van der Waals surface area (Å²) in [5, 5.41) is 0.130. The van der Waals surface area contributed by atoms with Crippen LogP contribution in [0.1, 0.15) is 35.7 Å². The van der Waals surface area contributed by atoms with Crippen molar-refractivity contribution in [3.8, 4) is 0 Å². The molecule has 0 unspecified atom stereocenters. The molecule has 0 amide bonds. The molecule has 94 valence electrons. The topological polar surface area (TPSA) is 34.1 Å². The van der Waals surface area contributed by atoms with Crippen LogP contribution in [-0.4, -0.2) is 16.7 Å². The van der Waals surface area contributed by atoms with Gasteiger partial charge in [-0.25, -0.2) is 0 Å². The fourth-order valence-corrected chi connectivity index (χ4v) is 2.12. The second kappa shape index (κ2) is 6.01. The van der Waals surface area contributed by atoms with E-state index in [1.807, 2.05) is 36.4 Å². The van der Waals surface area contributed by atoms with E-state index in [-0.39, 0.29) is 16.8 Å². The lowest BCUT2D eigenvalue weighted by Crippen LogP contribution is -2.00. The van der Waals surface area contributed by atoms with Gasteiger partial charge in [-0.1, -0.05) is 48.2 Å². The first-order chi connectivity index (χ1) is 8.66. The molecule has 18 heavy (non-hydrogen) atoms. The maximum atomic E-state index is 11.8. The van der Waals surface area contributed by atoms with Gasteiger partial charge in [-0.05, 0) is 18.4 Å². The van der Waals surface area contributed by atoms with E-state index < -0.39 is 0 Å². The summed E-state index contributed by atoms with van der Waals surface area (Å²) in [6.45, 7) is 1.57. The molecule has 1 fully saturated rings. The van der Waals surface area contributed by atoms with Crippen molar-refractivity contribution in [1.82, 2.24) is 0 Å². The van der Waals surface area contributed by atoms with E-state index in [1.165, 1.54) is 11.8 Å². The number of benzene rings is 1. The number of hydrogen-bond acceptors (Lipinski definition) is 3. The monoisotopic (exact) mass is 260 g/mol. The smallest absolute Gasteiger partial charge is 0.186 e. The van der Waals surface area contributed by atoms with Gasteiger partial charge < -0.3 is 0 Å². The third kappa shape index (κ3) is 3.84. The average Bonchev–Trinajstić information content (AvgIpc) is 3.18. The van der Waals surface area contributed by atoms with Gasteiger partial charge in [-0.15, -0.1) is 0 Å². The second-order valence-electron chi connectivity index (χ2n) is 4.47. The number of ketones is 1. The standard InChI is InChI=1S/C15H16O2S/c1-11(16)18-10-2-3-12-4-6-13(7-5-12)15(17)14-8-9-14/h2-7,14H,8-10H2,1H3. The summed E-state index contributed by atoms with van der Waals surface area (Å²) in [4.78, 5) is 22.5. The Balaban J connectivity index is 1.90. The summed E-state index contributed by atoms with van der Waals surface area (Å²) in [7, 11) is 0. The second-order valence-corrected chi connectivity index (χ2v) is 5.66. The largest absolute Gasteiger partial charge is 0.294 e. The Bertz CT molecular complexity index is 470. The Labute approximate surface area is 111 Å². The van der Waals surface area contributed by atoms with Gasteiger partial charge in [0.05, 0.1) is 0 Å². The molecule has 0 bridgehead atoms. The number of Topliss-reactive ketones (excluding diaryl/α,β-unsaturated/α-hetero) is 1. The van der Waals surface area contributed by atoms with Crippen molar-refractivity contribution < 1.29 is 9.59 Å². The normalized spacial score (nSPS) is 14.9. The van der Waals surface area contributed by atoms with Gasteiger partial charge in [0, 0.05) is 24.2 Å². The molecule has 0 atom stereocenters. The molecular formula is C15H16O2S. The molecule has 2 rings (SSSR count). The molecule has 1 aliphatic rings. The number of rotatable bonds is 5. The summed E-state index contributed by atoms with van der Waals surface area (Å²) in [5.41, 5.74) is 1.87. The quantitative estimate of drug-likeness (QED) is 0.759. The number of hydrogen-bond donors (Lipinski definition) is 0. The first-order valence-electron chi connectivity index (χ1n) is 6.11. The zero-order valence-corrected chi connectivity index (χ0v) is 11.2. The maximum absolute atomic E-state index is 11.8. The molecule has 3 heteroatoms. The molecule has 0 spiro atoms. The van der Waals surface area contributed by atoms with Crippen LogP contribution < -0.4 is 0 Å². The predicted octanol–water partition coefficient (Wildman–Crippen LogP) is 3.57. The van der Waals surface area contributed by atoms with Crippen molar-refractivity contribution in [2.75, 3.05) is 5.75 Å². The Hall–Kier alpha value is -1.35. The molecule has 0 aliphatic heterocycles. The molecule has 1 aliphatic carbocycles. The third-order valence-electron chi connectivity index (χ3n) is 2.84. The van der Waals surface area contributed by atoms with E-state index in [0.717, 1.165) is 24.0 Å². The van der Waals surface area contributed by atoms with Gasteiger partial charge in [0.25, 0.3) is 0 Å². The van der Waals surface area contributed by atoms with E-state index in [1.54, 1.807) is 6.92 Å². The van der Waals surface area contributed by atoms with Gasteiger partial charge in [-0.3, -0.25) is 9.59 Å².